The molecule has 1 aliphatic rings. The molecule has 0 aliphatic heterocycles. The fraction of sp³-hybridized carbons (Fsp3) is 0.263. The third-order valence-electron chi connectivity index (χ3n) is 3.93. The average Bonchev–Trinajstić information content (AvgIpc) is 2.93. The number of hydrogen-bond acceptors (Lipinski definition) is 3. The van der Waals surface area contributed by atoms with Gasteiger partial charge in [-0.15, -0.1) is 17.9 Å². The molecule has 0 saturated carbocycles. The molecule has 1 aromatic carbocycles. The van der Waals surface area contributed by atoms with Crippen molar-refractivity contribution < 1.29 is 4.79 Å². The normalized spacial score (nSPS) is 13.7. The molecule has 0 spiro atoms. The molecule has 1 N–H and O–H groups in total. The van der Waals surface area contributed by atoms with Crippen molar-refractivity contribution >= 4 is 28.5 Å². The number of anilines is 1. The third kappa shape index (κ3) is 3.59. The van der Waals surface area contributed by atoms with Gasteiger partial charge in [-0.25, -0.2) is 0 Å². The Hall–Kier alpha value is -2.20. The first-order valence-corrected chi connectivity index (χ1v) is 8.73. The predicted octanol–water partition coefficient (Wildman–Crippen LogP) is 4.48. The highest BCUT2D eigenvalue weighted by Gasteiger charge is 2.21. The minimum absolute atomic E-state index is 0.0671. The molecule has 0 atom stereocenters. The molecule has 0 saturated heterocycles. The molecule has 3 rings (SSSR count). The minimum Gasteiger partial charge on any atom is -0.313 e. The van der Waals surface area contributed by atoms with E-state index in [1.165, 1.54) is 23.3 Å². The number of hydrogen-bond donors (Lipinski definition) is 1. The number of nitrogens with zero attached hydrogens (tertiary/aromatic N) is 1. The molecule has 2 aromatic rings. The van der Waals surface area contributed by atoms with Crippen molar-refractivity contribution in [3.05, 3.63) is 64.6 Å². The highest BCUT2D eigenvalue weighted by Crippen LogP contribution is 2.37. The van der Waals surface area contributed by atoms with Crippen LogP contribution in [0.1, 0.15) is 39.2 Å². The summed E-state index contributed by atoms with van der Waals surface area (Å²) in [7, 11) is 0. The zero-order chi connectivity index (χ0) is 16.1. The average molecular weight is 324 g/mol. The highest BCUT2D eigenvalue weighted by atomic mass is 32.1. The first kappa shape index (κ1) is 15.7. The molecule has 1 aliphatic carbocycles. The zero-order valence-electron chi connectivity index (χ0n) is 13.0. The van der Waals surface area contributed by atoms with Gasteiger partial charge in [-0.2, -0.15) is 0 Å². The Morgan fingerprint density at radius 1 is 1.26 bits per heavy atom. The second kappa shape index (κ2) is 7.38. The summed E-state index contributed by atoms with van der Waals surface area (Å²) < 4.78 is 0. The number of amides is 1. The van der Waals surface area contributed by atoms with Crippen LogP contribution in [-0.4, -0.2) is 18.7 Å². The van der Waals surface area contributed by atoms with Crippen LogP contribution in [0.5, 0.6) is 0 Å². The molecule has 0 fully saturated rings. The molecule has 0 bridgehead atoms. The lowest BCUT2D eigenvalue weighted by molar-refractivity contribution is 0.102. The molecule has 0 radical (unpaired) electrons. The molecule has 23 heavy (non-hydrogen) atoms. The van der Waals surface area contributed by atoms with Crippen LogP contribution in [0.25, 0.3) is 0 Å². The van der Waals surface area contributed by atoms with Crippen LogP contribution in [0.2, 0.25) is 0 Å². The van der Waals surface area contributed by atoms with Gasteiger partial charge in [0.25, 0.3) is 5.91 Å². The molecule has 4 heteroatoms. The van der Waals surface area contributed by atoms with E-state index in [0.717, 1.165) is 23.4 Å². The monoisotopic (exact) mass is 324 g/mol. The SMILES string of the molecule is C=CCN=Cc1c(NC(=O)c2ccccc2)sc2c1CCCC2. The largest absolute Gasteiger partial charge is 0.313 e. The Bertz CT molecular complexity index is 731. The molecule has 118 valence electrons. The first-order chi connectivity index (χ1) is 11.3. The van der Waals surface area contributed by atoms with Crippen molar-refractivity contribution in [3.63, 3.8) is 0 Å². The lowest BCUT2D eigenvalue weighted by Gasteiger charge is -2.11. The molecule has 1 aromatic heterocycles. The van der Waals surface area contributed by atoms with Gasteiger partial charge in [0.1, 0.15) is 5.00 Å². The van der Waals surface area contributed by atoms with E-state index in [9.17, 15) is 4.79 Å². The third-order valence-corrected chi connectivity index (χ3v) is 5.15. The summed E-state index contributed by atoms with van der Waals surface area (Å²) in [6.45, 7) is 4.29. The lowest BCUT2D eigenvalue weighted by atomic mass is 9.96. The molecule has 1 amide bonds. The Labute approximate surface area is 140 Å². The quantitative estimate of drug-likeness (QED) is 0.639. The van der Waals surface area contributed by atoms with Crippen molar-refractivity contribution in [2.24, 2.45) is 4.99 Å². The van der Waals surface area contributed by atoms with Gasteiger partial charge in [0.05, 0.1) is 6.54 Å². The summed E-state index contributed by atoms with van der Waals surface area (Å²) in [4.78, 5) is 18.2. The zero-order valence-corrected chi connectivity index (χ0v) is 13.9. The molecular formula is C19H20N2OS. The Morgan fingerprint density at radius 3 is 2.83 bits per heavy atom. The standard InChI is InChI=1S/C19H20N2OS/c1-2-12-20-13-16-15-10-6-7-11-17(15)23-19(16)21-18(22)14-8-4-3-5-9-14/h2-5,8-9,13H,1,6-7,10-12H2,(H,21,22). The summed E-state index contributed by atoms with van der Waals surface area (Å²) in [5, 5.41) is 3.99. The van der Waals surface area contributed by atoms with E-state index >= 15 is 0 Å². The number of carbonyl (C=O) groups excluding carboxylic acids is 1. The second-order valence-corrected chi connectivity index (χ2v) is 6.66. The van der Waals surface area contributed by atoms with E-state index in [0.29, 0.717) is 12.1 Å². The number of thiophene rings is 1. The number of aliphatic imine (C=N–C) groups is 1. The van der Waals surface area contributed by atoms with Crippen LogP contribution in [0.3, 0.4) is 0 Å². The minimum atomic E-state index is -0.0671. The summed E-state index contributed by atoms with van der Waals surface area (Å²) in [5.41, 5.74) is 3.11. The smallest absolute Gasteiger partial charge is 0.256 e. The van der Waals surface area contributed by atoms with E-state index in [1.807, 2.05) is 36.5 Å². The number of carbonyl (C=O) groups is 1. The summed E-state index contributed by atoms with van der Waals surface area (Å²) in [6.07, 6.45) is 8.27. The van der Waals surface area contributed by atoms with Crippen molar-refractivity contribution in [3.8, 4) is 0 Å². The van der Waals surface area contributed by atoms with Gasteiger partial charge >= 0.3 is 0 Å². The van der Waals surface area contributed by atoms with Crippen molar-refractivity contribution in [2.75, 3.05) is 11.9 Å². The van der Waals surface area contributed by atoms with Crippen molar-refractivity contribution in [2.45, 2.75) is 25.7 Å². The molecule has 0 unspecified atom stereocenters. The number of aryl methyl sites for hydroxylation is 1. The van der Waals surface area contributed by atoms with E-state index in [4.69, 9.17) is 0 Å². The first-order valence-electron chi connectivity index (χ1n) is 7.91. The number of fused-ring (bicyclic) bond motifs is 1. The molecular weight excluding hydrogens is 304 g/mol. The lowest BCUT2D eigenvalue weighted by Crippen LogP contribution is -2.12. The molecule has 3 nitrogen and oxygen atoms in total. The maximum atomic E-state index is 12.4. The van der Waals surface area contributed by atoms with E-state index < -0.39 is 0 Å². The molecule has 1 heterocycles. The van der Waals surface area contributed by atoms with Crippen LogP contribution >= 0.6 is 11.3 Å². The van der Waals surface area contributed by atoms with E-state index in [2.05, 4.69) is 16.9 Å². The predicted molar refractivity (Wildman–Crippen MR) is 98.0 cm³/mol. The van der Waals surface area contributed by atoms with Gasteiger partial charge < -0.3 is 5.32 Å². The van der Waals surface area contributed by atoms with Crippen molar-refractivity contribution in [1.82, 2.24) is 0 Å². The van der Waals surface area contributed by atoms with Crippen LogP contribution in [0.15, 0.2) is 48.0 Å². The van der Waals surface area contributed by atoms with Gasteiger partial charge in [-0.1, -0.05) is 24.3 Å². The van der Waals surface area contributed by atoms with Crippen LogP contribution < -0.4 is 5.32 Å². The second-order valence-electron chi connectivity index (χ2n) is 5.56. The Morgan fingerprint density at radius 2 is 2.04 bits per heavy atom. The highest BCUT2D eigenvalue weighted by molar-refractivity contribution is 7.17. The summed E-state index contributed by atoms with van der Waals surface area (Å²) >= 11 is 1.69. The number of nitrogens with one attached hydrogen (secondary N) is 1. The van der Waals surface area contributed by atoms with Crippen molar-refractivity contribution in [1.29, 1.82) is 0 Å². The van der Waals surface area contributed by atoms with Crippen LogP contribution in [-0.2, 0) is 12.8 Å². The number of benzene rings is 1. The maximum absolute atomic E-state index is 12.4. The van der Waals surface area contributed by atoms with Gasteiger partial charge in [-0.3, -0.25) is 9.79 Å². The van der Waals surface area contributed by atoms with Crippen LogP contribution in [0, 0.1) is 0 Å². The Kier molecular flexibility index (Phi) is 5.03. The van der Waals surface area contributed by atoms with E-state index in [1.54, 1.807) is 17.4 Å². The van der Waals surface area contributed by atoms with Gasteiger partial charge in [0.2, 0.25) is 0 Å². The fourth-order valence-electron chi connectivity index (χ4n) is 2.80. The fourth-order valence-corrected chi connectivity index (χ4v) is 4.06. The Balaban J connectivity index is 1.90. The van der Waals surface area contributed by atoms with Gasteiger partial charge in [-0.05, 0) is 43.4 Å². The van der Waals surface area contributed by atoms with E-state index in [-0.39, 0.29) is 5.91 Å². The number of rotatable bonds is 5. The van der Waals surface area contributed by atoms with Gasteiger partial charge in [0, 0.05) is 22.2 Å². The maximum Gasteiger partial charge on any atom is 0.256 e. The summed E-state index contributed by atoms with van der Waals surface area (Å²) in [6, 6.07) is 9.32. The topological polar surface area (TPSA) is 41.5 Å². The van der Waals surface area contributed by atoms with Crippen LogP contribution in [0.4, 0.5) is 5.00 Å². The van der Waals surface area contributed by atoms with Gasteiger partial charge in [0.15, 0.2) is 0 Å². The summed E-state index contributed by atoms with van der Waals surface area (Å²) in [5.74, 6) is -0.0671.